The van der Waals surface area contributed by atoms with Crippen LogP contribution < -0.4 is 16.0 Å². The topological polar surface area (TPSA) is 105 Å². The summed E-state index contributed by atoms with van der Waals surface area (Å²) in [5.74, 6) is -0.236. The zero-order valence-electron chi connectivity index (χ0n) is 15.4. The van der Waals surface area contributed by atoms with Gasteiger partial charge in [0.25, 0.3) is 0 Å². The summed E-state index contributed by atoms with van der Waals surface area (Å²) in [4.78, 5) is 41.8. The average Bonchev–Trinajstić information content (AvgIpc) is 2.64. The van der Waals surface area contributed by atoms with Crippen LogP contribution >= 0.6 is 11.6 Å². The Morgan fingerprint density at radius 2 is 1.89 bits per heavy atom. The highest BCUT2D eigenvalue weighted by Crippen LogP contribution is 2.37. The third-order valence-corrected chi connectivity index (χ3v) is 5.08. The molecule has 0 saturated carbocycles. The van der Waals surface area contributed by atoms with Gasteiger partial charge in [-0.2, -0.15) is 0 Å². The maximum atomic E-state index is 12.8. The number of pyridine rings is 1. The predicted molar refractivity (Wildman–Crippen MR) is 106 cm³/mol. The largest absolute Gasteiger partial charge is 0.368 e. The molecule has 7 nitrogen and oxygen atoms in total. The summed E-state index contributed by atoms with van der Waals surface area (Å²) in [6.07, 6.45) is 2.07. The maximum absolute atomic E-state index is 12.8. The molecule has 0 spiro atoms. The van der Waals surface area contributed by atoms with Gasteiger partial charge in [-0.25, -0.2) is 4.98 Å². The number of aromatic nitrogens is 1. The summed E-state index contributed by atoms with van der Waals surface area (Å²) in [7, 11) is 0. The molecule has 28 heavy (non-hydrogen) atoms. The Balaban J connectivity index is 1.80. The summed E-state index contributed by atoms with van der Waals surface area (Å²) in [5, 5.41) is 3.24. The van der Waals surface area contributed by atoms with E-state index >= 15 is 0 Å². The number of ketones is 1. The molecule has 2 aromatic rings. The molecule has 8 heteroatoms. The molecule has 2 heterocycles. The van der Waals surface area contributed by atoms with Gasteiger partial charge in [0, 0.05) is 29.9 Å². The Hall–Kier alpha value is -2.93. The minimum Gasteiger partial charge on any atom is -0.368 e. The van der Waals surface area contributed by atoms with Crippen molar-refractivity contribution in [2.75, 3.05) is 24.5 Å². The van der Waals surface area contributed by atoms with Crippen LogP contribution in [-0.2, 0) is 16.0 Å². The van der Waals surface area contributed by atoms with Gasteiger partial charge in [-0.05, 0) is 43.2 Å². The first-order valence-corrected chi connectivity index (χ1v) is 9.20. The predicted octanol–water partition coefficient (Wildman–Crippen LogP) is 1.59. The lowest BCUT2D eigenvalue weighted by Gasteiger charge is -2.49. The van der Waals surface area contributed by atoms with Crippen LogP contribution in [0.3, 0.4) is 0 Å². The highest BCUT2D eigenvalue weighted by Gasteiger charge is 2.49. The highest BCUT2D eigenvalue weighted by molar-refractivity contribution is 6.30. The fourth-order valence-corrected chi connectivity index (χ4v) is 3.47. The molecule has 1 aromatic heterocycles. The fraction of sp³-hybridized carbons (Fsp3) is 0.300. The summed E-state index contributed by atoms with van der Waals surface area (Å²) in [6, 6.07) is 10.7. The first-order chi connectivity index (χ1) is 13.3. The number of hydrogen-bond donors (Lipinski definition) is 2. The van der Waals surface area contributed by atoms with E-state index in [1.54, 1.807) is 30.5 Å². The number of carbonyl (C=O) groups excluding carboxylic acids is 3. The summed E-state index contributed by atoms with van der Waals surface area (Å²) < 4.78 is 0. The molecule has 1 fully saturated rings. The first kappa shape index (κ1) is 19.8. The Morgan fingerprint density at radius 1 is 1.21 bits per heavy atom. The zero-order valence-corrected chi connectivity index (χ0v) is 16.2. The Bertz CT molecular complexity index is 908. The fourth-order valence-electron chi connectivity index (χ4n) is 3.34. The lowest BCUT2D eigenvalue weighted by molar-refractivity contribution is -0.134. The van der Waals surface area contributed by atoms with Crippen molar-refractivity contribution >= 4 is 35.0 Å². The molecule has 0 radical (unpaired) electrons. The number of rotatable bonds is 7. The van der Waals surface area contributed by atoms with Gasteiger partial charge in [-0.1, -0.05) is 23.7 Å². The van der Waals surface area contributed by atoms with Crippen LogP contribution in [-0.4, -0.2) is 42.2 Å². The second-order valence-electron chi connectivity index (χ2n) is 7.05. The van der Waals surface area contributed by atoms with Crippen LogP contribution in [0.15, 0.2) is 42.6 Å². The number of amides is 2. The third-order valence-electron chi connectivity index (χ3n) is 4.82. The number of halogens is 1. The van der Waals surface area contributed by atoms with Gasteiger partial charge in [0.15, 0.2) is 5.78 Å². The van der Waals surface area contributed by atoms with Crippen LogP contribution in [0.2, 0.25) is 5.02 Å². The van der Waals surface area contributed by atoms with E-state index in [0.29, 0.717) is 35.9 Å². The molecule has 0 bridgehead atoms. The smallest absolute Gasteiger partial charge is 0.236 e. The number of benzene rings is 1. The van der Waals surface area contributed by atoms with E-state index in [1.165, 1.54) is 6.92 Å². The monoisotopic (exact) mass is 400 g/mol. The highest BCUT2D eigenvalue weighted by atomic mass is 35.5. The lowest BCUT2D eigenvalue weighted by Crippen LogP contribution is -2.65. The molecule has 0 unspecified atom stereocenters. The zero-order chi connectivity index (χ0) is 20.3. The average molecular weight is 401 g/mol. The number of nitrogens with one attached hydrogen (secondary N) is 1. The molecule has 2 amide bonds. The van der Waals surface area contributed by atoms with Gasteiger partial charge in [0.2, 0.25) is 11.8 Å². The molecular weight excluding hydrogens is 380 g/mol. The molecule has 3 N–H and O–H groups in total. The minimum absolute atomic E-state index is 0.0456. The number of primary amides is 1. The third kappa shape index (κ3) is 4.31. The maximum Gasteiger partial charge on any atom is 0.236 e. The van der Waals surface area contributed by atoms with Gasteiger partial charge in [0.05, 0.1) is 12.0 Å². The lowest BCUT2D eigenvalue weighted by atomic mass is 9.73. The van der Waals surface area contributed by atoms with E-state index in [2.05, 4.69) is 10.3 Å². The minimum atomic E-state index is -0.725. The van der Waals surface area contributed by atoms with Crippen LogP contribution in [0.25, 0.3) is 0 Å². The van der Waals surface area contributed by atoms with Crippen molar-refractivity contribution in [3.63, 3.8) is 0 Å². The quantitative estimate of drug-likeness (QED) is 0.686. The van der Waals surface area contributed by atoms with Crippen molar-refractivity contribution in [2.45, 2.75) is 13.3 Å². The molecule has 1 aromatic carbocycles. The van der Waals surface area contributed by atoms with Crippen LogP contribution in [0.4, 0.5) is 5.82 Å². The van der Waals surface area contributed by atoms with Crippen molar-refractivity contribution in [2.24, 2.45) is 11.1 Å². The first-order valence-electron chi connectivity index (χ1n) is 8.82. The van der Waals surface area contributed by atoms with E-state index in [9.17, 15) is 14.4 Å². The van der Waals surface area contributed by atoms with Crippen molar-refractivity contribution in [1.29, 1.82) is 0 Å². The van der Waals surface area contributed by atoms with Gasteiger partial charge in [0.1, 0.15) is 5.82 Å². The molecule has 3 rings (SSSR count). The van der Waals surface area contributed by atoms with Gasteiger partial charge < -0.3 is 16.0 Å². The molecule has 1 aliphatic rings. The van der Waals surface area contributed by atoms with Crippen molar-refractivity contribution in [3.05, 3.63) is 58.7 Å². The van der Waals surface area contributed by atoms with E-state index in [-0.39, 0.29) is 18.2 Å². The van der Waals surface area contributed by atoms with E-state index < -0.39 is 11.3 Å². The standard InChI is InChI=1S/C20H21ClN4O3/c1-13(26)15-6-7-23-18(8-15)25-11-20(12-25,19(28)24-10-17(22)27)9-14-2-4-16(21)5-3-14/h2-8H,9-12H2,1H3,(H2,22,27)(H,24,28). The Morgan fingerprint density at radius 3 is 2.50 bits per heavy atom. The van der Waals surface area contributed by atoms with Crippen LogP contribution in [0, 0.1) is 5.41 Å². The second-order valence-corrected chi connectivity index (χ2v) is 7.48. The SMILES string of the molecule is CC(=O)c1ccnc(N2CC(Cc3ccc(Cl)cc3)(C(=O)NCC(N)=O)C2)c1. The molecule has 1 saturated heterocycles. The van der Waals surface area contributed by atoms with Crippen molar-refractivity contribution < 1.29 is 14.4 Å². The molecule has 0 aliphatic carbocycles. The van der Waals surface area contributed by atoms with Crippen LogP contribution in [0.5, 0.6) is 0 Å². The molecule has 1 aliphatic heterocycles. The summed E-state index contributed by atoms with van der Waals surface area (Å²) >= 11 is 5.95. The second kappa shape index (κ2) is 7.98. The van der Waals surface area contributed by atoms with E-state index in [0.717, 1.165) is 5.56 Å². The number of anilines is 1. The summed E-state index contributed by atoms with van der Waals surface area (Å²) in [6.45, 7) is 2.11. The number of nitrogens with zero attached hydrogens (tertiary/aromatic N) is 2. The van der Waals surface area contributed by atoms with Gasteiger partial charge >= 0.3 is 0 Å². The number of Topliss-reactive ketones (excluding diaryl/α,β-unsaturated/α-hetero) is 1. The Kier molecular flexibility index (Phi) is 5.65. The number of carbonyl (C=O) groups is 3. The van der Waals surface area contributed by atoms with E-state index in [4.69, 9.17) is 17.3 Å². The Labute approximate surface area is 167 Å². The van der Waals surface area contributed by atoms with Crippen molar-refractivity contribution in [1.82, 2.24) is 10.3 Å². The molecular formula is C20H21ClN4O3. The number of hydrogen-bond acceptors (Lipinski definition) is 5. The summed E-state index contributed by atoms with van der Waals surface area (Å²) in [5.41, 5.74) is 5.96. The van der Waals surface area contributed by atoms with Gasteiger partial charge in [-0.3, -0.25) is 14.4 Å². The van der Waals surface area contributed by atoms with Crippen molar-refractivity contribution in [3.8, 4) is 0 Å². The van der Waals surface area contributed by atoms with Crippen LogP contribution in [0.1, 0.15) is 22.8 Å². The molecule has 0 atom stereocenters. The van der Waals surface area contributed by atoms with Gasteiger partial charge in [-0.15, -0.1) is 0 Å². The molecule has 146 valence electrons. The normalized spacial score (nSPS) is 14.9. The number of nitrogens with two attached hydrogens (primary N) is 1. The van der Waals surface area contributed by atoms with E-state index in [1.807, 2.05) is 17.0 Å².